The molecule has 2 heterocycles. The minimum absolute atomic E-state index is 0.0715. The van der Waals surface area contributed by atoms with E-state index >= 15 is 0 Å². The third-order valence-corrected chi connectivity index (χ3v) is 8.97. The van der Waals surface area contributed by atoms with Gasteiger partial charge >= 0.3 is 6.18 Å². The van der Waals surface area contributed by atoms with Crippen molar-refractivity contribution in [3.63, 3.8) is 0 Å². The van der Waals surface area contributed by atoms with Crippen LogP contribution in [0.4, 0.5) is 13.2 Å². The average Bonchev–Trinajstić information content (AvgIpc) is 3.01. The SMILES string of the molecule is O=C(CCc1ccc(Cl)c(C(F)(F)F)c1)N1C2CCC1CC(S(=O)(=O)c1ccccc1)C2. The quantitative estimate of drug-likeness (QED) is 0.578. The lowest BCUT2D eigenvalue weighted by molar-refractivity contribution is -0.137. The predicted octanol–water partition coefficient (Wildman–Crippen LogP) is 5.29. The minimum Gasteiger partial charge on any atom is -0.337 e. The van der Waals surface area contributed by atoms with Crippen LogP contribution < -0.4 is 0 Å². The van der Waals surface area contributed by atoms with Gasteiger partial charge in [-0.3, -0.25) is 4.79 Å². The monoisotopic (exact) mass is 485 g/mol. The molecule has 0 aromatic heterocycles. The van der Waals surface area contributed by atoms with Gasteiger partial charge in [0.05, 0.1) is 20.7 Å². The Kier molecular flexibility index (Phi) is 6.29. The van der Waals surface area contributed by atoms with Crippen LogP contribution in [-0.4, -0.2) is 36.6 Å². The van der Waals surface area contributed by atoms with Crippen LogP contribution in [0.5, 0.6) is 0 Å². The first-order chi connectivity index (χ1) is 15.1. The third-order valence-electron chi connectivity index (χ3n) is 6.45. The molecule has 4 rings (SSSR count). The van der Waals surface area contributed by atoms with Gasteiger partial charge in [-0.25, -0.2) is 8.42 Å². The van der Waals surface area contributed by atoms with Gasteiger partial charge in [-0.1, -0.05) is 35.9 Å². The van der Waals surface area contributed by atoms with Crippen LogP contribution in [0.15, 0.2) is 53.4 Å². The fraction of sp³-hybridized carbons (Fsp3) is 0.435. The lowest BCUT2D eigenvalue weighted by Gasteiger charge is -2.38. The number of aryl methyl sites for hydroxylation is 1. The Morgan fingerprint density at radius 1 is 1.03 bits per heavy atom. The van der Waals surface area contributed by atoms with Gasteiger partial charge in [-0.2, -0.15) is 13.2 Å². The third kappa shape index (κ3) is 4.53. The molecule has 0 saturated carbocycles. The zero-order valence-corrected chi connectivity index (χ0v) is 18.8. The van der Waals surface area contributed by atoms with E-state index < -0.39 is 26.8 Å². The van der Waals surface area contributed by atoms with Gasteiger partial charge in [-0.15, -0.1) is 0 Å². The minimum atomic E-state index is -4.55. The van der Waals surface area contributed by atoms with Crippen molar-refractivity contribution < 1.29 is 26.4 Å². The molecule has 1 amide bonds. The normalized spacial score (nSPS) is 23.4. The van der Waals surface area contributed by atoms with Crippen molar-refractivity contribution in [2.45, 2.75) is 66.9 Å². The highest BCUT2D eigenvalue weighted by Gasteiger charge is 2.46. The van der Waals surface area contributed by atoms with Crippen molar-refractivity contribution in [2.75, 3.05) is 0 Å². The van der Waals surface area contributed by atoms with Crippen LogP contribution in [0.1, 0.15) is 43.2 Å². The topological polar surface area (TPSA) is 54.5 Å². The van der Waals surface area contributed by atoms with E-state index in [4.69, 9.17) is 11.6 Å². The molecule has 2 bridgehead atoms. The van der Waals surface area contributed by atoms with E-state index in [1.165, 1.54) is 12.1 Å². The van der Waals surface area contributed by atoms with Crippen molar-refractivity contribution in [2.24, 2.45) is 0 Å². The zero-order valence-electron chi connectivity index (χ0n) is 17.2. The highest BCUT2D eigenvalue weighted by molar-refractivity contribution is 7.92. The summed E-state index contributed by atoms with van der Waals surface area (Å²) < 4.78 is 65.3. The Hall–Kier alpha value is -2.06. The summed E-state index contributed by atoms with van der Waals surface area (Å²) >= 11 is 5.66. The standard InChI is InChI=1S/C23H23ClF3NO3S/c24-21-10-6-15(12-20(21)23(25,26)27)7-11-22(29)28-16-8-9-17(28)14-19(13-16)32(30,31)18-4-2-1-3-5-18/h1-6,10,12,16-17,19H,7-9,11,13-14H2. The number of piperidine rings is 1. The van der Waals surface area contributed by atoms with Crippen LogP contribution in [0.2, 0.25) is 5.02 Å². The van der Waals surface area contributed by atoms with Crippen molar-refractivity contribution in [1.82, 2.24) is 4.90 Å². The second-order valence-electron chi connectivity index (χ2n) is 8.45. The zero-order chi connectivity index (χ0) is 23.1. The van der Waals surface area contributed by atoms with Crippen LogP contribution in [0.25, 0.3) is 0 Å². The number of benzene rings is 2. The molecule has 172 valence electrons. The summed E-state index contributed by atoms with van der Waals surface area (Å²) in [4.78, 5) is 15.0. The molecule has 32 heavy (non-hydrogen) atoms. The van der Waals surface area contributed by atoms with E-state index in [0.29, 0.717) is 23.3 Å². The number of nitrogens with zero attached hydrogens (tertiary/aromatic N) is 1. The van der Waals surface area contributed by atoms with E-state index in [1.54, 1.807) is 35.2 Å². The summed E-state index contributed by atoms with van der Waals surface area (Å²) in [6.45, 7) is 0. The fourth-order valence-corrected chi connectivity index (χ4v) is 7.01. The molecule has 2 aliphatic rings. The molecule has 2 atom stereocenters. The van der Waals surface area contributed by atoms with Crippen molar-refractivity contribution in [3.8, 4) is 0 Å². The Balaban J connectivity index is 1.43. The predicted molar refractivity (Wildman–Crippen MR) is 115 cm³/mol. The van der Waals surface area contributed by atoms with Gasteiger partial charge in [0.25, 0.3) is 0 Å². The molecule has 2 aromatic rings. The number of carbonyl (C=O) groups is 1. The Morgan fingerprint density at radius 3 is 2.25 bits per heavy atom. The largest absolute Gasteiger partial charge is 0.417 e. The van der Waals surface area contributed by atoms with Gasteiger partial charge in [0.2, 0.25) is 5.91 Å². The molecule has 0 N–H and O–H groups in total. The molecular weight excluding hydrogens is 463 g/mol. The number of rotatable bonds is 5. The number of alkyl halides is 3. The number of hydrogen-bond acceptors (Lipinski definition) is 3. The number of halogens is 4. The lowest BCUT2D eigenvalue weighted by atomic mass is 10.0. The highest BCUT2D eigenvalue weighted by Crippen LogP contribution is 2.40. The fourth-order valence-electron chi connectivity index (χ4n) is 4.92. The maximum absolute atomic E-state index is 13.1. The number of amides is 1. The molecule has 2 aromatic carbocycles. The van der Waals surface area contributed by atoms with E-state index in [-0.39, 0.29) is 35.9 Å². The second kappa shape index (κ2) is 8.71. The summed E-state index contributed by atoms with van der Waals surface area (Å²) in [5.74, 6) is -0.142. The van der Waals surface area contributed by atoms with E-state index in [1.807, 2.05) is 0 Å². The van der Waals surface area contributed by atoms with Gasteiger partial charge in [0, 0.05) is 18.5 Å². The summed E-state index contributed by atoms with van der Waals surface area (Å²) in [6.07, 6.45) is -2.05. The molecule has 2 saturated heterocycles. The first kappa shape index (κ1) is 23.1. The van der Waals surface area contributed by atoms with Crippen LogP contribution >= 0.6 is 11.6 Å². The van der Waals surface area contributed by atoms with E-state index in [9.17, 15) is 26.4 Å². The summed E-state index contributed by atoms with van der Waals surface area (Å²) in [5, 5.41) is -0.899. The second-order valence-corrected chi connectivity index (χ2v) is 11.1. The summed E-state index contributed by atoms with van der Waals surface area (Å²) in [7, 11) is -3.47. The molecular formula is C23H23ClF3NO3S. The van der Waals surface area contributed by atoms with Gasteiger partial charge in [-0.05, 0) is 61.9 Å². The molecule has 0 radical (unpaired) electrons. The van der Waals surface area contributed by atoms with Crippen LogP contribution in [0.3, 0.4) is 0 Å². The number of fused-ring (bicyclic) bond motifs is 2. The first-order valence-corrected chi connectivity index (χ1v) is 12.5. The molecule has 2 unspecified atom stereocenters. The van der Waals surface area contributed by atoms with Crippen LogP contribution in [0, 0.1) is 0 Å². The van der Waals surface area contributed by atoms with E-state index in [2.05, 4.69) is 0 Å². The highest BCUT2D eigenvalue weighted by atomic mass is 35.5. The van der Waals surface area contributed by atoms with Crippen molar-refractivity contribution in [1.29, 1.82) is 0 Å². The molecule has 2 fully saturated rings. The van der Waals surface area contributed by atoms with Gasteiger partial charge in [0.15, 0.2) is 9.84 Å². The molecule has 0 aliphatic carbocycles. The van der Waals surface area contributed by atoms with E-state index in [0.717, 1.165) is 18.9 Å². The Labute approximate surface area is 190 Å². The number of sulfone groups is 1. The van der Waals surface area contributed by atoms with Crippen molar-refractivity contribution in [3.05, 3.63) is 64.7 Å². The Morgan fingerprint density at radius 2 is 1.66 bits per heavy atom. The molecule has 9 heteroatoms. The van der Waals surface area contributed by atoms with Gasteiger partial charge < -0.3 is 4.90 Å². The maximum atomic E-state index is 13.1. The lowest BCUT2D eigenvalue weighted by Crippen LogP contribution is -2.49. The number of hydrogen-bond donors (Lipinski definition) is 0. The van der Waals surface area contributed by atoms with Crippen LogP contribution in [-0.2, 0) is 27.2 Å². The summed E-state index contributed by atoms with van der Waals surface area (Å²) in [5.41, 5.74) is -0.514. The van der Waals surface area contributed by atoms with Crippen molar-refractivity contribution >= 4 is 27.3 Å². The van der Waals surface area contributed by atoms with Gasteiger partial charge in [0.1, 0.15) is 0 Å². The molecule has 4 nitrogen and oxygen atoms in total. The molecule has 2 aliphatic heterocycles. The smallest absolute Gasteiger partial charge is 0.337 e. The summed E-state index contributed by atoms with van der Waals surface area (Å²) in [6, 6.07) is 11.7. The Bertz CT molecular complexity index is 1090. The first-order valence-electron chi connectivity index (χ1n) is 10.5. The molecule has 0 spiro atoms. The number of carbonyl (C=O) groups excluding carboxylic acids is 1. The average molecular weight is 486 g/mol. The maximum Gasteiger partial charge on any atom is 0.417 e.